The van der Waals surface area contributed by atoms with Crippen LogP contribution in [0.15, 0.2) is 83.8 Å². The van der Waals surface area contributed by atoms with Gasteiger partial charge >= 0.3 is 0 Å². The summed E-state index contributed by atoms with van der Waals surface area (Å²) in [5.74, 6) is 0.917. The summed E-state index contributed by atoms with van der Waals surface area (Å²) in [4.78, 5) is 26.6. The Balaban J connectivity index is 1.61. The van der Waals surface area contributed by atoms with Crippen molar-refractivity contribution in [3.05, 3.63) is 100 Å². The number of carbonyl (C=O) groups is 2. The minimum atomic E-state index is -0.403. The normalized spacial score (nSPS) is 16.7. The fourth-order valence-corrected chi connectivity index (χ4v) is 4.67. The van der Waals surface area contributed by atoms with Gasteiger partial charge in [-0.2, -0.15) is 0 Å². The summed E-state index contributed by atoms with van der Waals surface area (Å²) < 4.78 is 10.5. The summed E-state index contributed by atoms with van der Waals surface area (Å²) in [7, 11) is 3.21. The van der Waals surface area contributed by atoms with E-state index in [1.807, 2.05) is 84.9 Å². The van der Waals surface area contributed by atoms with Crippen LogP contribution in [-0.4, -0.2) is 31.0 Å². The number of carbonyl (C=O) groups excluding carboxylic acids is 2. The molecule has 2 amide bonds. The van der Waals surface area contributed by atoms with E-state index in [0.717, 1.165) is 22.4 Å². The molecule has 1 heterocycles. The van der Waals surface area contributed by atoms with Gasteiger partial charge in [0.2, 0.25) is 5.91 Å². The first kappa shape index (κ1) is 22.5. The number of amides is 2. The molecule has 168 valence electrons. The van der Waals surface area contributed by atoms with E-state index >= 15 is 0 Å². The molecule has 0 radical (unpaired) electrons. The van der Waals surface area contributed by atoms with Gasteiger partial charge in [0.1, 0.15) is 16.9 Å². The molecule has 4 rings (SSSR count). The first-order valence-corrected chi connectivity index (χ1v) is 11.3. The van der Waals surface area contributed by atoms with Crippen LogP contribution in [0.3, 0.4) is 0 Å². The van der Waals surface area contributed by atoms with Crippen LogP contribution in [0.5, 0.6) is 11.5 Å². The standard InChI is InChI=1S/C26H24N2O4S/c1-31-21-13-11-20(12-14-21)26-28(27-24(29)17-18-7-4-3-5-8-18)25(30)23(33-26)16-19-9-6-10-22(15-19)32-2/h3-16,26H,17H2,1-2H3,(H,27,29)/b23-16+/t26-/m1/s1. The van der Waals surface area contributed by atoms with Crippen LogP contribution in [0.2, 0.25) is 0 Å². The van der Waals surface area contributed by atoms with Gasteiger partial charge < -0.3 is 9.47 Å². The maximum Gasteiger partial charge on any atom is 0.280 e. The fraction of sp³-hybridized carbons (Fsp3) is 0.154. The number of ether oxygens (including phenoxy) is 2. The second-order valence-corrected chi connectivity index (χ2v) is 8.52. The van der Waals surface area contributed by atoms with E-state index in [9.17, 15) is 9.59 Å². The third kappa shape index (κ3) is 5.38. The van der Waals surface area contributed by atoms with Crippen LogP contribution in [0, 0.1) is 0 Å². The highest BCUT2D eigenvalue weighted by Crippen LogP contribution is 2.45. The van der Waals surface area contributed by atoms with E-state index in [1.165, 1.54) is 16.8 Å². The lowest BCUT2D eigenvalue weighted by Crippen LogP contribution is -2.44. The second-order valence-electron chi connectivity index (χ2n) is 7.40. The van der Waals surface area contributed by atoms with E-state index in [1.54, 1.807) is 14.2 Å². The Bertz CT molecular complexity index is 1160. The van der Waals surface area contributed by atoms with Crippen LogP contribution in [0.4, 0.5) is 0 Å². The SMILES string of the molecule is COc1ccc([C@H]2S/C(=C/c3cccc(OC)c3)C(=O)N2NC(=O)Cc2ccccc2)cc1. The molecule has 1 atom stereocenters. The molecular formula is C26H24N2O4S. The van der Waals surface area contributed by atoms with Gasteiger partial charge in [0, 0.05) is 0 Å². The van der Waals surface area contributed by atoms with Gasteiger partial charge in [0.05, 0.1) is 25.5 Å². The number of thioether (sulfide) groups is 1. The number of hydrogen-bond acceptors (Lipinski definition) is 5. The van der Waals surface area contributed by atoms with E-state index in [4.69, 9.17) is 9.47 Å². The molecule has 1 aliphatic rings. The third-order valence-corrected chi connectivity index (χ3v) is 6.40. The summed E-state index contributed by atoms with van der Waals surface area (Å²) in [6, 6.07) is 24.4. The predicted octanol–water partition coefficient (Wildman–Crippen LogP) is 4.59. The number of methoxy groups -OCH3 is 2. The Hall–Kier alpha value is -3.71. The van der Waals surface area contributed by atoms with Crippen molar-refractivity contribution in [2.75, 3.05) is 14.2 Å². The first-order valence-electron chi connectivity index (χ1n) is 10.4. The van der Waals surface area contributed by atoms with Crippen LogP contribution in [0.1, 0.15) is 22.1 Å². The zero-order valence-electron chi connectivity index (χ0n) is 18.4. The Morgan fingerprint density at radius 1 is 0.970 bits per heavy atom. The van der Waals surface area contributed by atoms with Gasteiger partial charge in [-0.1, -0.05) is 66.4 Å². The molecule has 1 N–H and O–H groups in total. The fourth-order valence-electron chi connectivity index (χ4n) is 3.48. The van der Waals surface area contributed by atoms with E-state index in [2.05, 4.69) is 5.43 Å². The Morgan fingerprint density at radius 3 is 2.39 bits per heavy atom. The maximum absolute atomic E-state index is 13.3. The van der Waals surface area contributed by atoms with Gasteiger partial charge in [-0.05, 0) is 47.0 Å². The van der Waals surface area contributed by atoms with Crippen molar-refractivity contribution >= 4 is 29.7 Å². The Labute approximate surface area is 197 Å². The third-order valence-electron chi connectivity index (χ3n) is 5.15. The van der Waals surface area contributed by atoms with Crippen molar-refractivity contribution in [2.45, 2.75) is 11.8 Å². The molecule has 0 aliphatic carbocycles. The first-order chi connectivity index (χ1) is 16.1. The van der Waals surface area contributed by atoms with Crippen LogP contribution in [0.25, 0.3) is 6.08 Å². The Kier molecular flexibility index (Phi) is 7.00. The van der Waals surface area contributed by atoms with Crippen molar-refractivity contribution < 1.29 is 19.1 Å². The minimum absolute atomic E-state index is 0.180. The van der Waals surface area contributed by atoms with Crippen molar-refractivity contribution in [1.29, 1.82) is 0 Å². The molecule has 7 heteroatoms. The van der Waals surface area contributed by atoms with E-state index in [-0.39, 0.29) is 18.2 Å². The van der Waals surface area contributed by atoms with Crippen molar-refractivity contribution in [2.24, 2.45) is 0 Å². The van der Waals surface area contributed by atoms with Gasteiger partial charge in [0.15, 0.2) is 0 Å². The molecule has 1 saturated heterocycles. The largest absolute Gasteiger partial charge is 0.497 e. The molecular weight excluding hydrogens is 436 g/mol. The molecule has 1 aliphatic heterocycles. The average Bonchev–Trinajstić information content (AvgIpc) is 3.14. The van der Waals surface area contributed by atoms with Crippen LogP contribution < -0.4 is 14.9 Å². The summed E-state index contributed by atoms with van der Waals surface area (Å²) >= 11 is 1.39. The van der Waals surface area contributed by atoms with Gasteiger partial charge in [-0.25, -0.2) is 5.01 Å². The minimum Gasteiger partial charge on any atom is -0.497 e. The van der Waals surface area contributed by atoms with Crippen molar-refractivity contribution in [1.82, 2.24) is 10.4 Å². The summed E-state index contributed by atoms with van der Waals surface area (Å²) in [5, 5.41) is 1.00. The topological polar surface area (TPSA) is 67.9 Å². The number of rotatable bonds is 7. The molecule has 0 spiro atoms. The van der Waals surface area contributed by atoms with Gasteiger partial charge in [0.25, 0.3) is 5.91 Å². The summed E-state index contributed by atoms with van der Waals surface area (Å²) in [6.07, 6.45) is 1.99. The van der Waals surface area contributed by atoms with Gasteiger partial charge in [-0.3, -0.25) is 15.0 Å². The lowest BCUT2D eigenvalue weighted by molar-refractivity contribution is -0.137. The smallest absolute Gasteiger partial charge is 0.280 e. The number of hydrogen-bond donors (Lipinski definition) is 1. The number of benzene rings is 3. The highest BCUT2D eigenvalue weighted by atomic mass is 32.2. The highest BCUT2D eigenvalue weighted by Gasteiger charge is 2.38. The zero-order chi connectivity index (χ0) is 23.2. The number of nitrogens with zero attached hydrogens (tertiary/aromatic N) is 1. The highest BCUT2D eigenvalue weighted by molar-refractivity contribution is 8.04. The zero-order valence-corrected chi connectivity index (χ0v) is 19.2. The molecule has 3 aromatic carbocycles. The molecule has 0 bridgehead atoms. The van der Waals surface area contributed by atoms with Crippen LogP contribution >= 0.6 is 11.8 Å². The summed E-state index contributed by atoms with van der Waals surface area (Å²) in [5.41, 5.74) is 5.42. The lowest BCUT2D eigenvalue weighted by Gasteiger charge is -2.24. The van der Waals surface area contributed by atoms with Crippen molar-refractivity contribution in [3.8, 4) is 11.5 Å². The van der Waals surface area contributed by atoms with Crippen LogP contribution in [-0.2, 0) is 16.0 Å². The Morgan fingerprint density at radius 2 is 1.70 bits per heavy atom. The molecule has 33 heavy (non-hydrogen) atoms. The van der Waals surface area contributed by atoms with Gasteiger partial charge in [-0.15, -0.1) is 0 Å². The van der Waals surface area contributed by atoms with Crippen molar-refractivity contribution in [3.63, 3.8) is 0 Å². The number of nitrogens with one attached hydrogen (secondary N) is 1. The molecule has 0 saturated carbocycles. The molecule has 6 nitrogen and oxygen atoms in total. The quantitative estimate of drug-likeness (QED) is 0.522. The van der Waals surface area contributed by atoms with E-state index < -0.39 is 5.37 Å². The maximum atomic E-state index is 13.3. The average molecular weight is 461 g/mol. The molecule has 3 aromatic rings. The predicted molar refractivity (Wildman–Crippen MR) is 129 cm³/mol. The molecule has 1 fully saturated rings. The lowest BCUT2D eigenvalue weighted by atomic mass is 10.1. The monoisotopic (exact) mass is 460 g/mol. The molecule has 0 aromatic heterocycles. The second kappa shape index (κ2) is 10.3. The summed E-state index contributed by atoms with van der Waals surface area (Å²) in [6.45, 7) is 0. The molecule has 0 unspecified atom stereocenters. The van der Waals surface area contributed by atoms with E-state index in [0.29, 0.717) is 10.7 Å². The number of hydrazine groups is 1.